The first-order valence-electron chi connectivity index (χ1n) is 6.34. The van der Waals surface area contributed by atoms with Gasteiger partial charge < -0.3 is 4.74 Å². The quantitative estimate of drug-likeness (QED) is 0.826. The van der Waals surface area contributed by atoms with Crippen LogP contribution >= 0.6 is 0 Å². The van der Waals surface area contributed by atoms with Crippen molar-refractivity contribution in [3.05, 3.63) is 58.5 Å². The molecule has 0 N–H and O–H groups in total. The summed E-state index contributed by atoms with van der Waals surface area (Å²) in [5, 5.41) is 0. The maximum absolute atomic E-state index is 11.8. The summed E-state index contributed by atoms with van der Waals surface area (Å²) in [6, 6.07) is 10.9. The molecule has 0 aliphatic heterocycles. The van der Waals surface area contributed by atoms with Gasteiger partial charge in [-0.25, -0.2) is 0 Å². The molecule has 0 aliphatic rings. The first kappa shape index (κ1) is 13.4. The van der Waals surface area contributed by atoms with Crippen LogP contribution in [0.25, 0.3) is 5.69 Å². The molecule has 0 radical (unpaired) electrons. The largest absolute Gasteiger partial charge is 0.488 e. The van der Waals surface area contributed by atoms with Gasteiger partial charge in [0.25, 0.3) is 5.56 Å². The van der Waals surface area contributed by atoms with Crippen LogP contribution in [-0.2, 0) is 0 Å². The zero-order valence-corrected chi connectivity index (χ0v) is 11.8. The summed E-state index contributed by atoms with van der Waals surface area (Å²) in [5.41, 5.74) is 1.64. The number of hydrogen-bond acceptors (Lipinski definition) is 2. The Kier molecular flexibility index (Phi) is 3.47. The van der Waals surface area contributed by atoms with E-state index in [0.717, 1.165) is 17.0 Å². The molecule has 0 unspecified atom stereocenters. The summed E-state index contributed by atoms with van der Waals surface area (Å²) in [5.74, 6) is 0.803. The highest BCUT2D eigenvalue weighted by Gasteiger charge is 2.11. The van der Waals surface area contributed by atoms with Crippen LogP contribution in [0.15, 0.2) is 47.4 Å². The lowest BCUT2D eigenvalue weighted by molar-refractivity contribution is 0.131. The summed E-state index contributed by atoms with van der Waals surface area (Å²) < 4.78 is 7.39. The maximum atomic E-state index is 11.8. The van der Waals surface area contributed by atoms with Crippen molar-refractivity contribution in [1.29, 1.82) is 0 Å². The maximum Gasteiger partial charge on any atom is 0.255 e. The van der Waals surface area contributed by atoms with Crippen molar-refractivity contribution in [3.63, 3.8) is 0 Å². The summed E-state index contributed by atoms with van der Waals surface area (Å²) >= 11 is 0. The van der Waals surface area contributed by atoms with Crippen molar-refractivity contribution in [1.82, 2.24) is 4.57 Å². The normalized spacial score (nSPS) is 11.4. The van der Waals surface area contributed by atoms with Crippen molar-refractivity contribution in [2.45, 2.75) is 33.3 Å². The Morgan fingerprint density at radius 3 is 2.21 bits per heavy atom. The van der Waals surface area contributed by atoms with Crippen LogP contribution in [0.3, 0.4) is 0 Å². The summed E-state index contributed by atoms with van der Waals surface area (Å²) in [7, 11) is 0. The van der Waals surface area contributed by atoms with Crippen molar-refractivity contribution in [2.75, 3.05) is 0 Å². The minimum atomic E-state index is -0.221. The summed E-state index contributed by atoms with van der Waals surface area (Å²) in [4.78, 5) is 11.8. The number of ether oxygens (including phenoxy) is 1. The van der Waals surface area contributed by atoms with Gasteiger partial charge in [-0.2, -0.15) is 0 Å². The average Bonchev–Trinajstić information content (AvgIpc) is 2.31. The monoisotopic (exact) mass is 257 g/mol. The van der Waals surface area contributed by atoms with E-state index in [1.165, 1.54) is 0 Å². The van der Waals surface area contributed by atoms with Gasteiger partial charge in [-0.3, -0.25) is 9.36 Å². The highest BCUT2D eigenvalue weighted by atomic mass is 16.5. The fraction of sp³-hybridized carbons (Fsp3) is 0.312. The predicted octanol–water partition coefficient (Wildman–Crippen LogP) is 3.32. The van der Waals surface area contributed by atoms with E-state index in [0.29, 0.717) is 0 Å². The van der Waals surface area contributed by atoms with Crippen LogP contribution in [0.4, 0.5) is 0 Å². The highest BCUT2D eigenvalue weighted by molar-refractivity contribution is 5.38. The SMILES string of the molecule is Cc1ccc(=O)n(-c2ccc(OC(C)(C)C)cc2)c1. The molecule has 0 bridgehead atoms. The van der Waals surface area contributed by atoms with Crippen molar-refractivity contribution >= 4 is 0 Å². The lowest BCUT2D eigenvalue weighted by Gasteiger charge is -2.21. The molecule has 0 aliphatic carbocycles. The first-order valence-corrected chi connectivity index (χ1v) is 6.34. The van der Waals surface area contributed by atoms with E-state index in [1.54, 1.807) is 10.6 Å². The summed E-state index contributed by atoms with van der Waals surface area (Å²) in [6.45, 7) is 7.98. The molecule has 0 saturated carbocycles. The predicted molar refractivity (Wildman–Crippen MR) is 77.2 cm³/mol. The minimum Gasteiger partial charge on any atom is -0.488 e. The van der Waals surface area contributed by atoms with Crippen molar-refractivity contribution in [2.24, 2.45) is 0 Å². The highest BCUT2D eigenvalue weighted by Crippen LogP contribution is 2.19. The molecule has 2 aromatic rings. The molecule has 0 fully saturated rings. The van der Waals surface area contributed by atoms with E-state index in [2.05, 4.69) is 0 Å². The van der Waals surface area contributed by atoms with E-state index in [9.17, 15) is 4.79 Å². The van der Waals surface area contributed by atoms with Gasteiger partial charge in [-0.1, -0.05) is 6.07 Å². The van der Waals surface area contributed by atoms with E-state index in [4.69, 9.17) is 4.74 Å². The molecule has 0 spiro atoms. The molecule has 2 rings (SSSR count). The van der Waals surface area contributed by atoms with Crippen molar-refractivity contribution in [3.8, 4) is 11.4 Å². The number of benzene rings is 1. The Hall–Kier alpha value is -2.03. The molecular formula is C16H19NO2. The number of aromatic nitrogens is 1. The number of nitrogens with zero attached hydrogens (tertiary/aromatic N) is 1. The van der Waals surface area contributed by atoms with Crippen LogP contribution in [0.2, 0.25) is 0 Å². The lowest BCUT2D eigenvalue weighted by Crippen LogP contribution is -2.23. The molecule has 0 saturated heterocycles. The van der Waals surface area contributed by atoms with Gasteiger partial charge >= 0.3 is 0 Å². The van der Waals surface area contributed by atoms with Gasteiger partial charge in [0.1, 0.15) is 11.4 Å². The number of rotatable bonds is 2. The van der Waals surface area contributed by atoms with Crippen molar-refractivity contribution < 1.29 is 4.74 Å². The van der Waals surface area contributed by atoms with Crippen LogP contribution < -0.4 is 10.3 Å². The Bertz CT molecular complexity index is 618. The van der Waals surface area contributed by atoms with Gasteiger partial charge in [0.2, 0.25) is 0 Å². The molecule has 1 heterocycles. The van der Waals surface area contributed by atoms with Gasteiger partial charge in [0.15, 0.2) is 0 Å². The van der Waals surface area contributed by atoms with Gasteiger partial charge in [-0.05, 0) is 57.5 Å². The van der Waals surface area contributed by atoms with Gasteiger partial charge in [0, 0.05) is 18.0 Å². The zero-order chi connectivity index (χ0) is 14.0. The van der Waals surface area contributed by atoms with Crippen LogP contribution in [-0.4, -0.2) is 10.2 Å². The number of hydrogen-bond donors (Lipinski definition) is 0. The third-order valence-corrected chi connectivity index (χ3v) is 2.60. The van der Waals surface area contributed by atoms with E-state index < -0.39 is 0 Å². The zero-order valence-electron chi connectivity index (χ0n) is 11.8. The second kappa shape index (κ2) is 4.92. The average molecular weight is 257 g/mol. The second-order valence-electron chi connectivity index (χ2n) is 5.62. The Morgan fingerprint density at radius 2 is 1.63 bits per heavy atom. The minimum absolute atomic E-state index is 0.0323. The molecule has 19 heavy (non-hydrogen) atoms. The van der Waals surface area contributed by atoms with Gasteiger partial charge in [-0.15, -0.1) is 0 Å². The molecule has 1 aromatic carbocycles. The topological polar surface area (TPSA) is 31.2 Å². The Morgan fingerprint density at radius 1 is 1.00 bits per heavy atom. The molecule has 3 nitrogen and oxygen atoms in total. The molecule has 100 valence electrons. The third kappa shape index (κ3) is 3.47. The second-order valence-corrected chi connectivity index (χ2v) is 5.62. The fourth-order valence-electron chi connectivity index (χ4n) is 1.82. The molecular weight excluding hydrogens is 238 g/mol. The van der Waals surface area contributed by atoms with Crippen LogP contribution in [0.1, 0.15) is 26.3 Å². The third-order valence-electron chi connectivity index (χ3n) is 2.60. The van der Waals surface area contributed by atoms with Gasteiger partial charge in [0.05, 0.1) is 0 Å². The van der Waals surface area contributed by atoms with E-state index in [1.807, 2.05) is 64.2 Å². The smallest absolute Gasteiger partial charge is 0.255 e. The summed E-state index contributed by atoms with van der Waals surface area (Å²) in [6.07, 6.45) is 1.84. The Balaban J connectivity index is 2.33. The Labute approximate surface area is 113 Å². The number of pyridine rings is 1. The fourth-order valence-corrected chi connectivity index (χ4v) is 1.82. The molecule has 0 amide bonds. The van der Waals surface area contributed by atoms with E-state index in [-0.39, 0.29) is 11.2 Å². The molecule has 0 atom stereocenters. The molecule has 3 heteroatoms. The standard InChI is InChI=1S/C16H19NO2/c1-12-5-10-15(18)17(11-12)13-6-8-14(9-7-13)19-16(2,3)4/h5-11H,1-4H3. The first-order chi connectivity index (χ1) is 8.85. The molecule has 1 aromatic heterocycles. The van der Waals surface area contributed by atoms with E-state index >= 15 is 0 Å². The number of aryl methyl sites for hydroxylation is 1. The van der Waals surface area contributed by atoms with Crippen LogP contribution in [0.5, 0.6) is 5.75 Å². The van der Waals surface area contributed by atoms with Crippen LogP contribution in [0, 0.1) is 6.92 Å². The lowest BCUT2D eigenvalue weighted by atomic mass is 10.2.